The lowest BCUT2D eigenvalue weighted by molar-refractivity contribution is 1.08. The first-order valence-electron chi connectivity index (χ1n) is 3.23. The zero-order valence-corrected chi connectivity index (χ0v) is 7.77. The molecule has 0 N–H and O–H groups in total. The van der Waals surface area contributed by atoms with Crippen molar-refractivity contribution in [2.75, 3.05) is 0 Å². The van der Waals surface area contributed by atoms with Crippen molar-refractivity contribution in [2.24, 2.45) is 0 Å². The summed E-state index contributed by atoms with van der Waals surface area (Å²) in [6, 6.07) is 4.13. The fourth-order valence-corrected chi connectivity index (χ4v) is 1.38. The molecule has 0 unspecified atom stereocenters. The molecule has 0 saturated carbocycles. The minimum absolute atomic E-state index is 0.848. The molecule has 0 atom stereocenters. The van der Waals surface area contributed by atoms with E-state index in [-0.39, 0.29) is 0 Å². The van der Waals surface area contributed by atoms with Crippen molar-refractivity contribution in [1.29, 1.82) is 0 Å². The smallest absolute Gasteiger partial charge is 0.0541 e. The second-order valence-corrected chi connectivity index (χ2v) is 2.91. The van der Waals surface area contributed by atoms with Gasteiger partial charge in [0, 0.05) is 11.0 Å². The monoisotopic (exact) mass is 199 g/mol. The molecule has 0 bridgehead atoms. The Hall–Kier alpha value is -0.370. The van der Waals surface area contributed by atoms with Gasteiger partial charge in [-0.3, -0.25) is 4.98 Å². The summed E-state index contributed by atoms with van der Waals surface area (Å²) in [5, 5.41) is 0.848. The Bertz CT molecular complexity index is 233. The molecule has 1 aromatic rings. The Labute approximate surface area is 69.6 Å². The summed E-state index contributed by atoms with van der Waals surface area (Å²) in [7, 11) is 0. The van der Waals surface area contributed by atoms with E-state index in [1.54, 1.807) is 0 Å². The normalized spacial score (nSPS) is 9.90. The van der Waals surface area contributed by atoms with Crippen molar-refractivity contribution in [3.63, 3.8) is 0 Å². The molecule has 1 nitrogen and oxygen atoms in total. The van der Waals surface area contributed by atoms with Gasteiger partial charge in [0.15, 0.2) is 0 Å². The van der Waals surface area contributed by atoms with Crippen LogP contribution in [0, 0.1) is 13.8 Å². The van der Waals surface area contributed by atoms with Crippen LogP contribution >= 0.6 is 15.9 Å². The average Bonchev–Trinajstić information content (AvgIpc) is 1.94. The molecule has 0 aliphatic carbocycles. The molecule has 0 spiro atoms. The predicted molar refractivity (Wildman–Crippen MR) is 46.3 cm³/mol. The number of aryl methyl sites for hydroxylation is 2. The van der Waals surface area contributed by atoms with Gasteiger partial charge >= 0.3 is 0 Å². The van der Waals surface area contributed by atoms with Crippen molar-refractivity contribution in [3.8, 4) is 0 Å². The van der Waals surface area contributed by atoms with Crippen LogP contribution < -0.4 is 0 Å². The van der Waals surface area contributed by atoms with Gasteiger partial charge in [-0.1, -0.05) is 22.0 Å². The first kappa shape index (κ1) is 7.73. The molecule has 2 heteroatoms. The Morgan fingerprint density at radius 3 is 2.60 bits per heavy atom. The summed E-state index contributed by atoms with van der Waals surface area (Å²) >= 11 is 3.38. The molecule has 1 rings (SSSR count). The number of alkyl halides is 1. The van der Waals surface area contributed by atoms with Crippen molar-refractivity contribution < 1.29 is 0 Å². The van der Waals surface area contributed by atoms with Crippen molar-refractivity contribution in [3.05, 3.63) is 29.1 Å². The lowest BCUT2D eigenvalue weighted by Gasteiger charge is -2.00. The molecule has 54 valence electrons. The van der Waals surface area contributed by atoms with E-state index in [2.05, 4.69) is 33.9 Å². The van der Waals surface area contributed by atoms with Gasteiger partial charge in [-0.25, -0.2) is 0 Å². The van der Waals surface area contributed by atoms with Gasteiger partial charge in [0.1, 0.15) is 0 Å². The van der Waals surface area contributed by atoms with Crippen LogP contribution in [0.1, 0.15) is 17.0 Å². The number of hydrogen-bond donors (Lipinski definition) is 0. The second-order valence-electron chi connectivity index (χ2n) is 2.35. The van der Waals surface area contributed by atoms with Crippen LogP contribution in [0.2, 0.25) is 0 Å². The fourth-order valence-electron chi connectivity index (χ4n) is 0.815. The lowest BCUT2D eigenvalue weighted by Crippen LogP contribution is -1.91. The highest BCUT2D eigenvalue weighted by atomic mass is 79.9. The quantitative estimate of drug-likeness (QED) is 0.635. The van der Waals surface area contributed by atoms with Crippen LogP contribution in [-0.4, -0.2) is 4.98 Å². The summed E-state index contributed by atoms with van der Waals surface area (Å²) in [5.74, 6) is 0. The van der Waals surface area contributed by atoms with Crippen LogP contribution in [0.4, 0.5) is 0 Å². The summed E-state index contributed by atoms with van der Waals surface area (Å²) in [5.41, 5.74) is 3.47. The van der Waals surface area contributed by atoms with E-state index in [4.69, 9.17) is 0 Å². The van der Waals surface area contributed by atoms with Gasteiger partial charge in [0.05, 0.1) is 5.69 Å². The maximum atomic E-state index is 4.34. The van der Waals surface area contributed by atoms with Gasteiger partial charge in [-0.2, -0.15) is 0 Å². The molecule has 1 heterocycles. The SMILES string of the molecule is Cc1ccc(C)c(CBr)n1. The van der Waals surface area contributed by atoms with Crippen LogP contribution in [0.3, 0.4) is 0 Å². The highest BCUT2D eigenvalue weighted by molar-refractivity contribution is 9.08. The minimum atomic E-state index is 0.848. The van der Waals surface area contributed by atoms with Crippen molar-refractivity contribution in [2.45, 2.75) is 19.2 Å². The Morgan fingerprint density at radius 1 is 1.40 bits per heavy atom. The number of nitrogens with zero attached hydrogens (tertiary/aromatic N) is 1. The van der Waals surface area contributed by atoms with Crippen LogP contribution in [-0.2, 0) is 5.33 Å². The van der Waals surface area contributed by atoms with Crippen LogP contribution in [0.15, 0.2) is 12.1 Å². The Balaban J connectivity index is 3.09. The predicted octanol–water partition coefficient (Wildman–Crippen LogP) is 2.59. The molecule has 0 aromatic carbocycles. The number of rotatable bonds is 1. The van der Waals surface area contributed by atoms with Crippen LogP contribution in [0.5, 0.6) is 0 Å². The van der Waals surface area contributed by atoms with E-state index in [0.29, 0.717) is 0 Å². The minimum Gasteiger partial charge on any atom is -0.257 e. The molecular weight excluding hydrogens is 190 g/mol. The van der Waals surface area contributed by atoms with E-state index >= 15 is 0 Å². The Kier molecular flexibility index (Phi) is 2.44. The average molecular weight is 200 g/mol. The van der Waals surface area contributed by atoms with E-state index in [9.17, 15) is 0 Å². The lowest BCUT2D eigenvalue weighted by atomic mass is 10.2. The summed E-state index contributed by atoms with van der Waals surface area (Å²) in [6.45, 7) is 4.08. The van der Waals surface area contributed by atoms with E-state index in [1.807, 2.05) is 13.0 Å². The number of hydrogen-bond acceptors (Lipinski definition) is 1. The molecule has 10 heavy (non-hydrogen) atoms. The standard InChI is InChI=1S/C8H10BrN/c1-6-3-4-7(2)10-8(6)5-9/h3-4H,5H2,1-2H3. The molecule has 0 amide bonds. The topological polar surface area (TPSA) is 12.9 Å². The third-order valence-electron chi connectivity index (χ3n) is 1.47. The van der Waals surface area contributed by atoms with Gasteiger partial charge in [-0.05, 0) is 25.5 Å². The van der Waals surface area contributed by atoms with Crippen molar-refractivity contribution >= 4 is 15.9 Å². The highest BCUT2D eigenvalue weighted by Gasteiger charge is 1.96. The maximum Gasteiger partial charge on any atom is 0.0541 e. The van der Waals surface area contributed by atoms with Crippen molar-refractivity contribution in [1.82, 2.24) is 4.98 Å². The van der Waals surface area contributed by atoms with E-state index in [0.717, 1.165) is 16.7 Å². The summed E-state index contributed by atoms with van der Waals surface area (Å²) < 4.78 is 0. The molecular formula is C8H10BrN. The van der Waals surface area contributed by atoms with Gasteiger partial charge < -0.3 is 0 Å². The fraction of sp³-hybridized carbons (Fsp3) is 0.375. The first-order valence-corrected chi connectivity index (χ1v) is 4.35. The molecule has 0 saturated heterocycles. The third kappa shape index (κ3) is 1.57. The maximum absolute atomic E-state index is 4.34. The summed E-state index contributed by atoms with van der Waals surface area (Å²) in [4.78, 5) is 4.34. The second kappa shape index (κ2) is 3.15. The highest BCUT2D eigenvalue weighted by Crippen LogP contribution is 2.08. The van der Waals surface area contributed by atoms with E-state index in [1.165, 1.54) is 5.56 Å². The number of aromatic nitrogens is 1. The van der Waals surface area contributed by atoms with Crippen LogP contribution in [0.25, 0.3) is 0 Å². The number of pyridine rings is 1. The largest absolute Gasteiger partial charge is 0.257 e. The zero-order valence-electron chi connectivity index (χ0n) is 6.19. The van der Waals surface area contributed by atoms with E-state index < -0.39 is 0 Å². The zero-order chi connectivity index (χ0) is 7.56. The first-order chi connectivity index (χ1) is 4.74. The molecule has 0 aliphatic rings. The molecule has 1 aromatic heterocycles. The van der Waals surface area contributed by atoms with Gasteiger partial charge in [0.25, 0.3) is 0 Å². The van der Waals surface area contributed by atoms with Gasteiger partial charge in [0.2, 0.25) is 0 Å². The Morgan fingerprint density at radius 2 is 2.10 bits per heavy atom. The molecule has 0 fully saturated rings. The number of halogens is 1. The molecule has 0 radical (unpaired) electrons. The third-order valence-corrected chi connectivity index (χ3v) is 2.00. The molecule has 0 aliphatic heterocycles. The van der Waals surface area contributed by atoms with Gasteiger partial charge in [-0.15, -0.1) is 0 Å². The summed E-state index contributed by atoms with van der Waals surface area (Å²) in [6.07, 6.45) is 0.